The third-order valence-electron chi connectivity index (χ3n) is 3.33. The van der Waals surface area contributed by atoms with Crippen molar-refractivity contribution in [1.82, 2.24) is 9.78 Å². The van der Waals surface area contributed by atoms with Gasteiger partial charge in [-0.1, -0.05) is 15.9 Å². The van der Waals surface area contributed by atoms with E-state index in [1.165, 1.54) is 11.0 Å². The molecule has 1 aliphatic heterocycles. The fourth-order valence-electron chi connectivity index (χ4n) is 2.37. The van der Waals surface area contributed by atoms with Crippen molar-refractivity contribution < 1.29 is 18.7 Å². The molecule has 0 aliphatic carbocycles. The van der Waals surface area contributed by atoms with Gasteiger partial charge in [-0.25, -0.2) is 13.5 Å². The van der Waals surface area contributed by atoms with Crippen LogP contribution in [0.15, 0.2) is 27.5 Å². The van der Waals surface area contributed by atoms with Crippen LogP contribution in [-0.4, -0.2) is 39.9 Å². The minimum Gasteiger partial charge on any atom is -0.480 e. The first kappa shape index (κ1) is 14.9. The van der Waals surface area contributed by atoms with Gasteiger partial charge in [0.05, 0.1) is 18.5 Å². The topological polar surface area (TPSA) is 75.4 Å². The molecular weight excluding hydrogens is 364 g/mol. The van der Waals surface area contributed by atoms with Gasteiger partial charge in [0, 0.05) is 9.86 Å². The highest BCUT2D eigenvalue weighted by atomic mass is 79.9. The van der Waals surface area contributed by atoms with Crippen molar-refractivity contribution >= 4 is 38.5 Å². The predicted molar refractivity (Wildman–Crippen MR) is 78.5 cm³/mol. The Balaban J connectivity index is 2.20. The zero-order valence-corrected chi connectivity index (χ0v) is 12.7. The number of carboxylic acid groups (broad SMARTS) is 1. The van der Waals surface area contributed by atoms with Crippen LogP contribution in [0.4, 0.5) is 14.6 Å². The maximum absolute atomic E-state index is 13.1. The van der Waals surface area contributed by atoms with E-state index in [0.717, 1.165) is 4.68 Å². The van der Waals surface area contributed by atoms with Gasteiger partial charge in [0.15, 0.2) is 5.82 Å². The molecule has 22 heavy (non-hydrogen) atoms. The quantitative estimate of drug-likeness (QED) is 0.885. The second kappa shape index (κ2) is 5.01. The summed E-state index contributed by atoms with van der Waals surface area (Å²) in [5.74, 6) is -3.85. The number of carboxylic acids is 1. The molecule has 0 spiro atoms. The number of aromatic nitrogens is 2. The molecule has 0 saturated carbocycles. The molecule has 6 nitrogen and oxygen atoms in total. The Morgan fingerprint density at radius 1 is 1.36 bits per heavy atom. The monoisotopic (exact) mass is 373 g/mol. The van der Waals surface area contributed by atoms with Crippen LogP contribution in [0, 0.1) is 0 Å². The average Bonchev–Trinajstić information content (AvgIpc) is 2.38. The first-order valence-electron chi connectivity index (χ1n) is 6.32. The summed E-state index contributed by atoms with van der Waals surface area (Å²) in [7, 11) is 0. The summed E-state index contributed by atoms with van der Waals surface area (Å²) in [6.45, 7) is -1.64. The van der Waals surface area contributed by atoms with Gasteiger partial charge < -0.3 is 10.0 Å². The first-order valence-corrected chi connectivity index (χ1v) is 7.11. The summed E-state index contributed by atoms with van der Waals surface area (Å²) >= 11 is 3.26. The Morgan fingerprint density at radius 3 is 2.64 bits per heavy atom. The number of fused-ring (bicyclic) bond motifs is 1. The van der Waals surface area contributed by atoms with E-state index in [1.807, 2.05) is 0 Å². The number of aliphatic carboxylic acids is 1. The summed E-state index contributed by atoms with van der Waals surface area (Å²) in [4.78, 5) is 24.4. The van der Waals surface area contributed by atoms with Crippen LogP contribution in [0.2, 0.25) is 0 Å². The molecule has 0 amide bonds. The van der Waals surface area contributed by atoms with Gasteiger partial charge in [-0.3, -0.25) is 9.59 Å². The van der Waals surface area contributed by atoms with Crippen LogP contribution in [0.3, 0.4) is 0 Å². The third kappa shape index (κ3) is 2.56. The number of halogens is 3. The van der Waals surface area contributed by atoms with Crippen molar-refractivity contribution in [1.29, 1.82) is 0 Å². The summed E-state index contributed by atoms with van der Waals surface area (Å²) in [6, 6.07) is 4.76. The predicted octanol–water partition coefficient (Wildman–Crippen LogP) is 1.70. The number of nitrogens with zero attached hydrogens (tertiary/aromatic N) is 3. The van der Waals surface area contributed by atoms with Gasteiger partial charge in [-0.05, 0) is 18.2 Å². The van der Waals surface area contributed by atoms with Gasteiger partial charge in [0.25, 0.3) is 11.5 Å². The molecule has 1 aromatic carbocycles. The summed E-state index contributed by atoms with van der Waals surface area (Å²) in [6.07, 6.45) is 0. The Bertz CT molecular complexity index is 829. The van der Waals surface area contributed by atoms with Crippen LogP contribution in [0.5, 0.6) is 0 Å². The van der Waals surface area contributed by atoms with Crippen LogP contribution >= 0.6 is 15.9 Å². The van der Waals surface area contributed by atoms with Gasteiger partial charge in [-0.2, -0.15) is 5.10 Å². The van der Waals surface area contributed by atoms with E-state index < -0.39 is 37.1 Å². The van der Waals surface area contributed by atoms with Gasteiger partial charge in [0.2, 0.25) is 0 Å². The first-order chi connectivity index (χ1) is 10.3. The molecule has 1 aliphatic rings. The van der Waals surface area contributed by atoms with Crippen molar-refractivity contribution in [3.63, 3.8) is 0 Å². The molecule has 0 bridgehead atoms. The van der Waals surface area contributed by atoms with Crippen molar-refractivity contribution in [2.45, 2.75) is 12.5 Å². The van der Waals surface area contributed by atoms with Crippen LogP contribution in [0.25, 0.3) is 10.8 Å². The minimum atomic E-state index is -2.80. The van der Waals surface area contributed by atoms with Gasteiger partial charge in [0.1, 0.15) is 6.54 Å². The lowest BCUT2D eigenvalue weighted by atomic mass is 10.1. The normalized spacial score (nSPS) is 16.6. The lowest BCUT2D eigenvalue weighted by Crippen LogP contribution is -2.57. The molecule has 1 fully saturated rings. The highest BCUT2D eigenvalue weighted by Crippen LogP contribution is 2.34. The molecule has 3 rings (SSSR count). The van der Waals surface area contributed by atoms with E-state index in [-0.39, 0.29) is 11.2 Å². The number of anilines is 1. The lowest BCUT2D eigenvalue weighted by Gasteiger charge is -2.39. The van der Waals surface area contributed by atoms with Crippen molar-refractivity contribution in [3.05, 3.63) is 33.0 Å². The molecule has 2 aromatic rings. The molecular formula is C13H10BrF2N3O3. The molecule has 1 aromatic heterocycles. The second-order valence-corrected chi connectivity index (χ2v) is 6.00. The standard InChI is InChI=1S/C13H10BrF2N3O3/c14-7-1-2-8-9(3-7)11(18-5-13(15,16)6-18)17-19(12(8)22)4-10(20)21/h1-3H,4-6H2,(H,20,21). The summed E-state index contributed by atoms with van der Waals surface area (Å²) < 4.78 is 27.7. The second-order valence-electron chi connectivity index (χ2n) is 5.08. The summed E-state index contributed by atoms with van der Waals surface area (Å²) in [5, 5.41) is 13.5. The van der Waals surface area contributed by atoms with E-state index in [4.69, 9.17) is 5.11 Å². The zero-order chi connectivity index (χ0) is 16.1. The molecule has 1 N–H and O–H groups in total. The molecule has 9 heteroatoms. The van der Waals surface area contributed by atoms with E-state index >= 15 is 0 Å². The maximum Gasteiger partial charge on any atom is 0.325 e. The fourth-order valence-corrected chi connectivity index (χ4v) is 2.73. The van der Waals surface area contributed by atoms with Crippen LogP contribution < -0.4 is 10.5 Å². The van der Waals surface area contributed by atoms with E-state index in [1.54, 1.807) is 12.1 Å². The van der Waals surface area contributed by atoms with Gasteiger partial charge in [-0.15, -0.1) is 0 Å². The lowest BCUT2D eigenvalue weighted by molar-refractivity contribution is -0.138. The largest absolute Gasteiger partial charge is 0.480 e. The van der Waals surface area contributed by atoms with Crippen molar-refractivity contribution in [2.24, 2.45) is 0 Å². The Labute approximate surface area is 131 Å². The third-order valence-corrected chi connectivity index (χ3v) is 3.82. The summed E-state index contributed by atoms with van der Waals surface area (Å²) in [5.41, 5.74) is -0.569. The highest BCUT2D eigenvalue weighted by molar-refractivity contribution is 9.10. The Hall–Kier alpha value is -2.03. The number of hydrogen-bond donors (Lipinski definition) is 1. The van der Waals surface area contributed by atoms with Gasteiger partial charge >= 0.3 is 5.97 Å². The Morgan fingerprint density at radius 2 is 2.05 bits per heavy atom. The number of carbonyl (C=O) groups is 1. The van der Waals surface area contributed by atoms with Crippen LogP contribution in [-0.2, 0) is 11.3 Å². The number of alkyl halides is 2. The molecule has 0 unspecified atom stereocenters. The average molecular weight is 374 g/mol. The highest BCUT2D eigenvalue weighted by Gasteiger charge is 2.45. The van der Waals surface area contributed by atoms with E-state index in [0.29, 0.717) is 9.86 Å². The smallest absolute Gasteiger partial charge is 0.325 e. The Kier molecular flexibility index (Phi) is 3.39. The van der Waals surface area contributed by atoms with E-state index in [9.17, 15) is 18.4 Å². The zero-order valence-electron chi connectivity index (χ0n) is 11.1. The maximum atomic E-state index is 13.1. The number of rotatable bonds is 3. The molecule has 1 saturated heterocycles. The number of benzene rings is 1. The molecule has 0 atom stereocenters. The van der Waals surface area contributed by atoms with Crippen molar-refractivity contribution in [2.75, 3.05) is 18.0 Å². The SMILES string of the molecule is O=C(O)Cn1nc(N2CC(F)(F)C2)c2cc(Br)ccc2c1=O. The van der Waals surface area contributed by atoms with Crippen molar-refractivity contribution in [3.8, 4) is 0 Å². The minimum absolute atomic E-state index is 0.183. The molecule has 116 valence electrons. The molecule has 0 radical (unpaired) electrons. The fraction of sp³-hybridized carbons (Fsp3) is 0.308. The number of hydrogen-bond acceptors (Lipinski definition) is 4. The molecule has 2 heterocycles. The van der Waals surface area contributed by atoms with E-state index in [2.05, 4.69) is 21.0 Å². The van der Waals surface area contributed by atoms with Crippen LogP contribution in [0.1, 0.15) is 0 Å².